The maximum Gasteiger partial charge on any atom is 0.278 e. The van der Waals surface area contributed by atoms with Crippen LogP contribution in [0.25, 0.3) is 5.57 Å². The maximum absolute atomic E-state index is 12.8. The van der Waals surface area contributed by atoms with E-state index in [9.17, 15) is 19.7 Å². The molecule has 1 aliphatic rings. The zero-order valence-corrected chi connectivity index (χ0v) is 15.5. The number of rotatable bonds is 7. The van der Waals surface area contributed by atoms with Crippen LogP contribution >= 0.6 is 0 Å². The molecular weight excluding hydrogens is 362 g/mol. The van der Waals surface area contributed by atoms with Crippen molar-refractivity contribution in [3.8, 4) is 5.75 Å². The van der Waals surface area contributed by atoms with Gasteiger partial charge in [0.25, 0.3) is 17.5 Å². The number of nitrogens with one attached hydrogen (secondary N) is 1. The number of hydrogen-bond acceptors (Lipinski definition) is 6. The number of carbonyl (C=O) groups is 2. The maximum atomic E-state index is 12.8. The summed E-state index contributed by atoms with van der Waals surface area (Å²) >= 11 is 0. The first-order valence-corrected chi connectivity index (χ1v) is 8.81. The number of imide groups is 1. The van der Waals surface area contributed by atoms with Crippen LogP contribution in [0.3, 0.4) is 0 Å². The molecule has 3 rings (SSSR count). The van der Waals surface area contributed by atoms with Crippen LogP contribution in [-0.2, 0) is 9.59 Å². The van der Waals surface area contributed by atoms with Gasteiger partial charge in [-0.3, -0.25) is 24.6 Å². The van der Waals surface area contributed by atoms with E-state index in [-0.39, 0.29) is 23.5 Å². The van der Waals surface area contributed by atoms with Crippen LogP contribution in [0.4, 0.5) is 11.4 Å². The summed E-state index contributed by atoms with van der Waals surface area (Å²) in [7, 11) is 0. The van der Waals surface area contributed by atoms with E-state index in [1.54, 1.807) is 31.2 Å². The molecule has 0 fully saturated rings. The predicted molar refractivity (Wildman–Crippen MR) is 104 cm³/mol. The number of hydrogen-bond donors (Lipinski definition) is 1. The largest absolute Gasteiger partial charge is 0.494 e. The molecule has 144 valence electrons. The highest BCUT2D eigenvalue weighted by Gasteiger charge is 2.38. The molecule has 0 aromatic heterocycles. The van der Waals surface area contributed by atoms with Crippen molar-refractivity contribution < 1.29 is 19.2 Å². The monoisotopic (exact) mass is 381 g/mol. The molecule has 1 aliphatic heterocycles. The lowest BCUT2D eigenvalue weighted by Gasteiger charge is -2.12. The smallest absolute Gasteiger partial charge is 0.278 e. The molecule has 2 aromatic rings. The normalized spacial score (nSPS) is 13.9. The van der Waals surface area contributed by atoms with Crippen LogP contribution in [-0.4, -0.2) is 34.8 Å². The first kappa shape index (κ1) is 19.1. The molecule has 0 unspecified atom stereocenters. The molecular formula is C20H19N3O5. The van der Waals surface area contributed by atoms with Crippen molar-refractivity contribution in [3.05, 3.63) is 69.9 Å². The minimum absolute atomic E-state index is 0.0904. The van der Waals surface area contributed by atoms with Crippen molar-refractivity contribution in [1.82, 2.24) is 4.90 Å². The lowest BCUT2D eigenvalue weighted by molar-refractivity contribution is -0.384. The summed E-state index contributed by atoms with van der Waals surface area (Å²) in [6, 6.07) is 12.6. The Hall–Kier alpha value is -3.68. The predicted octanol–water partition coefficient (Wildman–Crippen LogP) is 3.21. The van der Waals surface area contributed by atoms with E-state index in [4.69, 9.17) is 4.74 Å². The highest BCUT2D eigenvalue weighted by Crippen LogP contribution is 2.31. The molecule has 0 saturated carbocycles. The van der Waals surface area contributed by atoms with Crippen LogP contribution in [0.2, 0.25) is 0 Å². The number of anilines is 1. The molecule has 0 radical (unpaired) electrons. The van der Waals surface area contributed by atoms with Gasteiger partial charge in [-0.1, -0.05) is 6.07 Å². The number of likely N-dealkylation sites (N-methyl/N-ethyl adjacent to an activating group) is 1. The summed E-state index contributed by atoms with van der Waals surface area (Å²) in [4.78, 5) is 37.0. The van der Waals surface area contributed by atoms with E-state index in [0.717, 1.165) is 4.90 Å². The van der Waals surface area contributed by atoms with Gasteiger partial charge in [0.1, 0.15) is 11.4 Å². The van der Waals surface area contributed by atoms with Crippen LogP contribution in [0, 0.1) is 10.1 Å². The molecule has 1 N–H and O–H groups in total. The number of nitrogens with zero attached hydrogens (tertiary/aromatic N) is 2. The third-order valence-electron chi connectivity index (χ3n) is 4.27. The zero-order valence-electron chi connectivity index (χ0n) is 15.5. The second kappa shape index (κ2) is 7.91. The quantitative estimate of drug-likeness (QED) is 0.449. The van der Waals surface area contributed by atoms with Gasteiger partial charge in [-0.2, -0.15) is 0 Å². The zero-order chi connectivity index (χ0) is 20.3. The molecule has 8 heteroatoms. The number of carbonyl (C=O) groups excluding carboxylic acids is 2. The van der Waals surface area contributed by atoms with Crippen molar-refractivity contribution in [2.75, 3.05) is 18.5 Å². The van der Waals surface area contributed by atoms with Crippen LogP contribution in [0.1, 0.15) is 19.4 Å². The van der Waals surface area contributed by atoms with Gasteiger partial charge < -0.3 is 10.1 Å². The van der Waals surface area contributed by atoms with Crippen molar-refractivity contribution in [2.24, 2.45) is 0 Å². The summed E-state index contributed by atoms with van der Waals surface area (Å²) in [6.07, 6.45) is 0. The number of amides is 2. The first-order chi connectivity index (χ1) is 13.5. The van der Waals surface area contributed by atoms with Gasteiger partial charge in [-0.05, 0) is 43.7 Å². The van der Waals surface area contributed by atoms with E-state index < -0.39 is 16.7 Å². The Morgan fingerprint density at radius 3 is 2.39 bits per heavy atom. The minimum Gasteiger partial charge on any atom is -0.494 e. The molecule has 1 heterocycles. The molecule has 0 aliphatic carbocycles. The molecule has 0 spiro atoms. The third-order valence-corrected chi connectivity index (χ3v) is 4.27. The Balaban J connectivity index is 2.03. The summed E-state index contributed by atoms with van der Waals surface area (Å²) in [5.41, 5.74) is 1.26. The topological polar surface area (TPSA) is 102 Å². The van der Waals surface area contributed by atoms with Gasteiger partial charge >= 0.3 is 0 Å². The van der Waals surface area contributed by atoms with Crippen LogP contribution in [0.5, 0.6) is 5.75 Å². The Morgan fingerprint density at radius 1 is 1.07 bits per heavy atom. The number of nitro benzene ring substituents is 1. The van der Waals surface area contributed by atoms with E-state index in [0.29, 0.717) is 23.6 Å². The lowest BCUT2D eigenvalue weighted by Crippen LogP contribution is -2.32. The van der Waals surface area contributed by atoms with Gasteiger partial charge in [0, 0.05) is 30.4 Å². The fourth-order valence-electron chi connectivity index (χ4n) is 2.97. The number of non-ortho nitro benzene ring substituents is 1. The van der Waals surface area contributed by atoms with Crippen molar-refractivity contribution in [2.45, 2.75) is 13.8 Å². The van der Waals surface area contributed by atoms with Gasteiger partial charge in [0.05, 0.1) is 17.1 Å². The molecule has 28 heavy (non-hydrogen) atoms. The van der Waals surface area contributed by atoms with Gasteiger partial charge in [0.15, 0.2) is 0 Å². The Labute approximate surface area is 161 Å². The van der Waals surface area contributed by atoms with Crippen LogP contribution in [0.15, 0.2) is 54.2 Å². The van der Waals surface area contributed by atoms with E-state index in [1.165, 1.54) is 24.3 Å². The summed E-state index contributed by atoms with van der Waals surface area (Å²) in [6.45, 7) is 4.30. The average Bonchev–Trinajstić information content (AvgIpc) is 2.92. The summed E-state index contributed by atoms with van der Waals surface area (Å²) in [5, 5.41) is 13.9. The van der Waals surface area contributed by atoms with E-state index in [1.807, 2.05) is 6.92 Å². The number of nitro groups is 1. The van der Waals surface area contributed by atoms with Gasteiger partial charge in [-0.15, -0.1) is 0 Å². The molecule has 0 bridgehead atoms. The standard InChI is InChI=1S/C20H19N3O5/c1-3-22-19(24)17(13-8-10-15(11-9-13)23(26)27)18(20(22)25)21-14-6-5-7-16(12-14)28-4-2/h5-12,21H,3-4H2,1-2H3. The van der Waals surface area contributed by atoms with Gasteiger partial charge in [0.2, 0.25) is 0 Å². The molecule has 0 atom stereocenters. The van der Waals surface area contributed by atoms with Gasteiger partial charge in [-0.25, -0.2) is 0 Å². The Kier molecular flexibility index (Phi) is 5.39. The summed E-state index contributed by atoms with van der Waals surface area (Å²) < 4.78 is 5.47. The van der Waals surface area contributed by atoms with Crippen molar-refractivity contribution >= 4 is 28.8 Å². The SMILES string of the molecule is CCOc1cccc(NC2=C(c3ccc([N+](=O)[O-])cc3)C(=O)N(CC)C2=O)c1. The molecule has 8 nitrogen and oxygen atoms in total. The fourth-order valence-corrected chi connectivity index (χ4v) is 2.97. The Morgan fingerprint density at radius 2 is 1.79 bits per heavy atom. The number of ether oxygens (including phenoxy) is 1. The van der Waals surface area contributed by atoms with Crippen molar-refractivity contribution in [1.29, 1.82) is 0 Å². The number of benzene rings is 2. The second-order valence-electron chi connectivity index (χ2n) is 5.99. The molecule has 0 saturated heterocycles. The Bertz CT molecular complexity index is 966. The summed E-state index contributed by atoms with van der Waals surface area (Å²) in [5.74, 6) is -0.249. The molecule has 2 amide bonds. The molecule has 2 aromatic carbocycles. The van der Waals surface area contributed by atoms with E-state index in [2.05, 4.69) is 5.32 Å². The van der Waals surface area contributed by atoms with Crippen molar-refractivity contribution in [3.63, 3.8) is 0 Å². The lowest BCUT2D eigenvalue weighted by atomic mass is 10.0. The average molecular weight is 381 g/mol. The highest BCUT2D eigenvalue weighted by atomic mass is 16.6. The fraction of sp³-hybridized carbons (Fsp3) is 0.200. The highest BCUT2D eigenvalue weighted by molar-refractivity contribution is 6.36. The minimum atomic E-state index is -0.517. The van der Waals surface area contributed by atoms with Crippen LogP contribution < -0.4 is 10.1 Å². The van der Waals surface area contributed by atoms with E-state index >= 15 is 0 Å². The first-order valence-electron chi connectivity index (χ1n) is 8.81. The third kappa shape index (κ3) is 3.57. The second-order valence-corrected chi connectivity index (χ2v) is 5.99.